The van der Waals surface area contributed by atoms with E-state index in [-0.39, 0.29) is 11.9 Å². The van der Waals surface area contributed by atoms with Gasteiger partial charge in [0.1, 0.15) is 0 Å². The first kappa shape index (κ1) is 16.9. The molecule has 1 amide bonds. The molecule has 1 saturated heterocycles. The number of hydrogen-bond acceptors (Lipinski definition) is 4. The Labute approximate surface area is 146 Å². The van der Waals surface area contributed by atoms with Crippen LogP contribution in [-0.4, -0.2) is 43.7 Å². The van der Waals surface area contributed by atoms with Crippen LogP contribution in [0.25, 0.3) is 6.08 Å². The van der Waals surface area contributed by atoms with Crippen molar-refractivity contribution in [3.63, 3.8) is 0 Å². The van der Waals surface area contributed by atoms with E-state index in [9.17, 15) is 4.79 Å². The highest BCUT2D eigenvalue weighted by Crippen LogP contribution is 2.16. The molecule has 2 heterocycles. The number of rotatable bonds is 6. The number of hydrogen-bond donors (Lipinski definition) is 1. The van der Waals surface area contributed by atoms with E-state index in [1.54, 1.807) is 17.4 Å². The van der Waals surface area contributed by atoms with Crippen molar-refractivity contribution in [3.8, 4) is 0 Å². The SMILES string of the molecule is O=C(/C=C/c1cccs1)NC(CN1CCOCC1)c1ccccc1. The van der Waals surface area contributed by atoms with E-state index < -0.39 is 0 Å². The van der Waals surface area contributed by atoms with Crippen molar-refractivity contribution < 1.29 is 9.53 Å². The maximum atomic E-state index is 12.3. The third-order valence-corrected chi connectivity index (χ3v) is 4.84. The number of carbonyl (C=O) groups is 1. The molecule has 1 aromatic heterocycles. The van der Waals surface area contributed by atoms with Gasteiger partial charge in [0.15, 0.2) is 0 Å². The number of ether oxygens (including phenoxy) is 1. The van der Waals surface area contributed by atoms with Gasteiger partial charge in [-0.2, -0.15) is 0 Å². The largest absolute Gasteiger partial charge is 0.379 e. The van der Waals surface area contributed by atoms with E-state index in [1.165, 1.54) is 0 Å². The van der Waals surface area contributed by atoms with Crippen LogP contribution in [0.4, 0.5) is 0 Å². The number of amides is 1. The minimum atomic E-state index is -0.0643. The normalized spacial score (nSPS) is 17.0. The van der Waals surface area contributed by atoms with Gasteiger partial charge in [0.05, 0.1) is 19.3 Å². The van der Waals surface area contributed by atoms with Crippen LogP contribution < -0.4 is 5.32 Å². The van der Waals surface area contributed by atoms with Crippen molar-refractivity contribution in [2.24, 2.45) is 0 Å². The zero-order chi connectivity index (χ0) is 16.6. The molecule has 1 fully saturated rings. The van der Waals surface area contributed by atoms with Crippen LogP contribution in [0.5, 0.6) is 0 Å². The average molecular weight is 342 g/mol. The molecule has 1 atom stereocenters. The minimum Gasteiger partial charge on any atom is -0.379 e. The standard InChI is InChI=1S/C19H22N2O2S/c22-19(9-8-17-7-4-14-24-17)20-18(16-5-2-1-3-6-16)15-21-10-12-23-13-11-21/h1-9,14,18H,10-13,15H2,(H,20,22)/b9-8+. The van der Waals surface area contributed by atoms with Crippen molar-refractivity contribution in [1.29, 1.82) is 0 Å². The number of morpholine rings is 1. The van der Waals surface area contributed by atoms with Crippen LogP contribution in [0, 0.1) is 0 Å². The van der Waals surface area contributed by atoms with Crippen LogP contribution in [-0.2, 0) is 9.53 Å². The van der Waals surface area contributed by atoms with Crippen molar-refractivity contribution in [2.45, 2.75) is 6.04 Å². The lowest BCUT2D eigenvalue weighted by atomic mass is 10.1. The van der Waals surface area contributed by atoms with E-state index in [1.807, 2.05) is 41.8 Å². The highest BCUT2D eigenvalue weighted by atomic mass is 32.1. The third-order valence-electron chi connectivity index (χ3n) is 4.01. The predicted octanol–water partition coefficient (Wildman–Crippen LogP) is 2.95. The number of nitrogens with zero attached hydrogens (tertiary/aromatic N) is 1. The number of benzene rings is 1. The second-order valence-corrected chi connectivity index (χ2v) is 6.71. The molecule has 1 aromatic carbocycles. The van der Waals surface area contributed by atoms with Gasteiger partial charge >= 0.3 is 0 Å². The van der Waals surface area contributed by atoms with E-state index in [4.69, 9.17) is 4.74 Å². The summed E-state index contributed by atoms with van der Waals surface area (Å²) in [6.45, 7) is 4.13. The monoisotopic (exact) mass is 342 g/mol. The smallest absolute Gasteiger partial charge is 0.244 e. The Morgan fingerprint density at radius 1 is 1.21 bits per heavy atom. The second-order valence-electron chi connectivity index (χ2n) is 5.73. The van der Waals surface area contributed by atoms with Crippen LogP contribution in [0.15, 0.2) is 53.9 Å². The number of thiophene rings is 1. The summed E-state index contributed by atoms with van der Waals surface area (Å²) in [4.78, 5) is 15.7. The lowest BCUT2D eigenvalue weighted by Gasteiger charge is -2.31. The molecule has 1 aliphatic heterocycles. The average Bonchev–Trinajstić information content (AvgIpc) is 3.15. The van der Waals surface area contributed by atoms with Gasteiger partial charge in [0.25, 0.3) is 0 Å². The molecule has 1 unspecified atom stereocenters. The van der Waals surface area contributed by atoms with E-state index >= 15 is 0 Å². The summed E-state index contributed by atoms with van der Waals surface area (Å²) in [7, 11) is 0. The summed E-state index contributed by atoms with van der Waals surface area (Å²) in [5.41, 5.74) is 1.13. The molecular weight excluding hydrogens is 320 g/mol. The molecule has 4 nitrogen and oxygen atoms in total. The van der Waals surface area contributed by atoms with Gasteiger partial charge in [-0.3, -0.25) is 9.69 Å². The van der Waals surface area contributed by atoms with Gasteiger partial charge in [-0.25, -0.2) is 0 Å². The molecular formula is C19H22N2O2S. The summed E-state index contributed by atoms with van der Waals surface area (Å²) >= 11 is 1.62. The van der Waals surface area contributed by atoms with E-state index in [2.05, 4.69) is 22.3 Å². The third kappa shape index (κ3) is 5.03. The number of carbonyl (C=O) groups excluding carboxylic acids is 1. The van der Waals surface area contributed by atoms with Crippen LogP contribution in [0.1, 0.15) is 16.5 Å². The zero-order valence-corrected chi connectivity index (χ0v) is 14.4. The molecule has 0 spiro atoms. The lowest BCUT2D eigenvalue weighted by molar-refractivity contribution is -0.117. The van der Waals surface area contributed by atoms with Crippen molar-refractivity contribution in [2.75, 3.05) is 32.8 Å². The lowest BCUT2D eigenvalue weighted by Crippen LogP contribution is -2.42. The first-order valence-corrected chi connectivity index (χ1v) is 9.06. The Kier molecular flexibility index (Phi) is 6.18. The number of nitrogens with one attached hydrogen (secondary N) is 1. The molecule has 0 aliphatic carbocycles. The Bertz CT molecular complexity index is 649. The van der Waals surface area contributed by atoms with Gasteiger partial charge in [0, 0.05) is 30.6 Å². The van der Waals surface area contributed by atoms with Crippen LogP contribution in [0.3, 0.4) is 0 Å². The van der Waals surface area contributed by atoms with Gasteiger partial charge in [-0.15, -0.1) is 11.3 Å². The van der Waals surface area contributed by atoms with Crippen LogP contribution in [0.2, 0.25) is 0 Å². The Morgan fingerprint density at radius 3 is 2.71 bits per heavy atom. The summed E-state index contributed by atoms with van der Waals surface area (Å²) in [5, 5.41) is 5.14. The highest BCUT2D eigenvalue weighted by Gasteiger charge is 2.19. The Morgan fingerprint density at radius 2 is 2.00 bits per heavy atom. The van der Waals surface area contributed by atoms with Gasteiger partial charge in [-0.1, -0.05) is 36.4 Å². The molecule has 5 heteroatoms. The molecule has 24 heavy (non-hydrogen) atoms. The maximum Gasteiger partial charge on any atom is 0.244 e. The quantitative estimate of drug-likeness (QED) is 0.821. The summed E-state index contributed by atoms with van der Waals surface area (Å²) < 4.78 is 5.41. The fourth-order valence-electron chi connectivity index (χ4n) is 2.73. The predicted molar refractivity (Wildman–Crippen MR) is 97.9 cm³/mol. The second kappa shape index (κ2) is 8.78. The summed E-state index contributed by atoms with van der Waals surface area (Å²) in [6.07, 6.45) is 3.47. The molecule has 3 rings (SSSR count). The first-order valence-electron chi connectivity index (χ1n) is 8.18. The van der Waals surface area contributed by atoms with E-state index in [0.29, 0.717) is 0 Å². The van der Waals surface area contributed by atoms with Gasteiger partial charge in [0.2, 0.25) is 5.91 Å². The van der Waals surface area contributed by atoms with Crippen molar-refractivity contribution in [3.05, 3.63) is 64.4 Å². The minimum absolute atomic E-state index is 0.0233. The van der Waals surface area contributed by atoms with Crippen molar-refractivity contribution in [1.82, 2.24) is 10.2 Å². The molecule has 126 valence electrons. The molecule has 1 N–H and O–H groups in total. The first-order chi connectivity index (χ1) is 11.8. The van der Waals surface area contributed by atoms with Crippen LogP contribution >= 0.6 is 11.3 Å². The topological polar surface area (TPSA) is 41.6 Å². The molecule has 1 aliphatic rings. The Hall–Kier alpha value is -1.95. The summed E-state index contributed by atoms with van der Waals surface area (Å²) in [5.74, 6) is -0.0643. The highest BCUT2D eigenvalue weighted by molar-refractivity contribution is 7.10. The Balaban J connectivity index is 1.66. The van der Waals surface area contributed by atoms with Gasteiger partial charge in [-0.05, 0) is 23.1 Å². The van der Waals surface area contributed by atoms with Crippen molar-refractivity contribution >= 4 is 23.3 Å². The molecule has 0 bridgehead atoms. The van der Waals surface area contributed by atoms with E-state index in [0.717, 1.165) is 43.3 Å². The molecule has 0 saturated carbocycles. The fraction of sp³-hybridized carbons (Fsp3) is 0.316. The maximum absolute atomic E-state index is 12.3. The molecule has 2 aromatic rings. The summed E-state index contributed by atoms with van der Waals surface area (Å²) in [6, 6.07) is 14.1. The molecule has 0 radical (unpaired) electrons. The van der Waals surface area contributed by atoms with Gasteiger partial charge < -0.3 is 10.1 Å². The fourth-order valence-corrected chi connectivity index (χ4v) is 3.34. The zero-order valence-electron chi connectivity index (χ0n) is 13.6.